The third-order valence-electron chi connectivity index (χ3n) is 3.25. The number of ether oxygens (including phenoxy) is 1. The van der Waals surface area contributed by atoms with Gasteiger partial charge in [0.15, 0.2) is 0 Å². The van der Waals surface area contributed by atoms with Gasteiger partial charge in [-0.05, 0) is 30.9 Å². The Labute approximate surface area is 114 Å². The molecule has 1 saturated carbocycles. The molecule has 1 aromatic rings. The van der Waals surface area contributed by atoms with E-state index in [1.165, 1.54) is 0 Å². The summed E-state index contributed by atoms with van der Waals surface area (Å²) in [6.45, 7) is 4.66. The van der Waals surface area contributed by atoms with Gasteiger partial charge in [-0.1, -0.05) is 19.9 Å². The van der Waals surface area contributed by atoms with Crippen LogP contribution in [0.1, 0.15) is 38.8 Å². The van der Waals surface area contributed by atoms with E-state index in [2.05, 4.69) is 24.1 Å². The lowest BCUT2D eigenvalue weighted by atomic mass is 9.89. The van der Waals surface area contributed by atoms with E-state index in [1.807, 2.05) is 18.2 Å². The van der Waals surface area contributed by atoms with Gasteiger partial charge in [0.1, 0.15) is 0 Å². The monoisotopic (exact) mass is 262 g/mol. The Morgan fingerprint density at radius 2 is 2.26 bits per heavy atom. The quantitative estimate of drug-likeness (QED) is 0.855. The van der Waals surface area contributed by atoms with Gasteiger partial charge in [-0.2, -0.15) is 0 Å². The Balaban J connectivity index is 1.60. The van der Waals surface area contributed by atoms with Crippen molar-refractivity contribution >= 4 is 5.91 Å². The lowest BCUT2D eigenvalue weighted by Crippen LogP contribution is -2.47. The smallest absolute Gasteiger partial charge is 0.220 e. The highest BCUT2D eigenvalue weighted by Gasteiger charge is 2.31. The molecule has 2 rings (SSSR count). The fourth-order valence-corrected chi connectivity index (χ4v) is 2.16. The lowest BCUT2D eigenvalue weighted by molar-refractivity contribution is -0.124. The van der Waals surface area contributed by atoms with Gasteiger partial charge in [-0.3, -0.25) is 9.78 Å². The van der Waals surface area contributed by atoms with Crippen molar-refractivity contribution in [2.24, 2.45) is 5.92 Å². The number of rotatable bonds is 6. The predicted molar refractivity (Wildman–Crippen MR) is 73.4 cm³/mol. The van der Waals surface area contributed by atoms with Crippen molar-refractivity contribution in [1.82, 2.24) is 10.3 Å². The summed E-state index contributed by atoms with van der Waals surface area (Å²) in [7, 11) is 0. The topological polar surface area (TPSA) is 51.2 Å². The SMILES string of the molecule is CC(C)CC(=O)NC1CC(OCc2ccccn2)C1. The molecule has 0 bridgehead atoms. The number of hydrogen-bond donors (Lipinski definition) is 1. The molecular formula is C15H22N2O2. The molecule has 1 fully saturated rings. The Kier molecular flexibility index (Phi) is 4.91. The number of aromatic nitrogens is 1. The number of pyridine rings is 1. The van der Waals surface area contributed by atoms with Gasteiger partial charge < -0.3 is 10.1 Å². The standard InChI is InChI=1S/C15H22N2O2/c1-11(2)7-15(18)17-13-8-14(9-13)19-10-12-5-3-4-6-16-12/h3-6,11,13-14H,7-10H2,1-2H3,(H,17,18). The van der Waals surface area contributed by atoms with E-state index in [0.717, 1.165) is 18.5 Å². The van der Waals surface area contributed by atoms with Crippen LogP contribution in [0, 0.1) is 5.92 Å². The van der Waals surface area contributed by atoms with Gasteiger partial charge in [0.2, 0.25) is 5.91 Å². The molecule has 1 N–H and O–H groups in total. The highest BCUT2D eigenvalue weighted by Crippen LogP contribution is 2.24. The largest absolute Gasteiger partial charge is 0.372 e. The van der Waals surface area contributed by atoms with Crippen LogP contribution in [0.3, 0.4) is 0 Å². The second kappa shape index (κ2) is 6.66. The number of carbonyl (C=O) groups excluding carboxylic acids is 1. The molecule has 0 aromatic carbocycles. The van der Waals surface area contributed by atoms with E-state index in [9.17, 15) is 4.79 Å². The first-order chi connectivity index (χ1) is 9.13. The molecule has 104 valence electrons. The lowest BCUT2D eigenvalue weighted by Gasteiger charge is -2.35. The molecule has 1 aromatic heterocycles. The summed E-state index contributed by atoms with van der Waals surface area (Å²) < 4.78 is 5.74. The van der Waals surface area contributed by atoms with Gasteiger partial charge >= 0.3 is 0 Å². The van der Waals surface area contributed by atoms with Crippen molar-refractivity contribution in [3.63, 3.8) is 0 Å². The van der Waals surface area contributed by atoms with E-state index in [4.69, 9.17) is 4.74 Å². The van der Waals surface area contributed by atoms with Gasteiger partial charge in [0.05, 0.1) is 18.4 Å². The molecule has 19 heavy (non-hydrogen) atoms. The van der Waals surface area contributed by atoms with Crippen molar-refractivity contribution in [2.45, 2.75) is 51.9 Å². The second-order valence-corrected chi connectivity index (χ2v) is 5.59. The van der Waals surface area contributed by atoms with Crippen LogP contribution < -0.4 is 5.32 Å². The van der Waals surface area contributed by atoms with Crippen LogP contribution in [0.15, 0.2) is 24.4 Å². The molecule has 0 unspecified atom stereocenters. The van der Waals surface area contributed by atoms with Crippen molar-refractivity contribution in [1.29, 1.82) is 0 Å². The number of nitrogens with zero attached hydrogens (tertiary/aromatic N) is 1. The Hall–Kier alpha value is -1.42. The minimum absolute atomic E-state index is 0.156. The summed E-state index contributed by atoms with van der Waals surface area (Å²) in [5.74, 6) is 0.569. The van der Waals surface area contributed by atoms with Crippen LogP contribution in [-0.4, -0.2) is 23.0 Å². The zero-order chi connectivity index (χ0) is 13.7. The normalized spacial score (nSPS) is 22.1. The Morgan fingerprint density at radius 3 is 2.89 bits per heavy atom. The first-order valence-corrected chi connectivity index (χ1v) is 6.94. The summed E-state index contributed by atoms with van der Waals surface area (Å²) in [5, 5.41) is 3.04. The zero-order valence-corrected chi connectivity index (χ0v) is 11.6. The molecule has 4 heteroatoms. The van der Waals surface area contributed by atoms with E-state index in [1.54, 1.807) is 6.20 Å². The molecule has 1 amide bonds. The molecule has 1 heterocycles. The molecular weight excluding hydrogens is 240 g/mol. The Bertz CT molecular complexity index is 400. The summed E-state index contributed by atoms with van der Waals surface area (Å²) in [4.78, 5) is 15.8. The second-order valence-electron chi connectivity index (χ2n) is 5.59. The fourth-order valence-electron chi connectivity index (χ4n) is 2.16. The molecule has 1 aliphatic rings. The van der Waals surface area contributed by atoms with Gasteiger partial charge in [0, 0.05) is 18.7 Å². The first kappa shape index (κ1) is 14.0. The van der Waals surface area contributed by atoms with Crippen molar-refractivity contribution in [3.05, 3.63) is 30.1 Å². The minimum atomic E-state index is 0.156. The maximum absolute atomic E-state index is 11.6. The van der Waals surface area contributed by atoms with Crippen LogP contribution in [0.25, 0.3) is 0 Å². The van der Waals surface area contributed by atoms with E-state index < -0.39 is 0 Å². The van der Waals surface area contributed by atoms with Crippen LogP contribution >= 0.6 is 0 Å². The summed E-state index contributed by atoms with van der Waals surface area (Å²) in [5.41, 5.74) is 0.954. The van der Waals surface area contributed by atoms with Crippen LogP contribution in [-0.2, 0) is 16.1 Å². The molecule has 1 aliphatic carbocycles. The minimum Gasteiger partial charge on any atom is -0.372 e. The van der Waals surface area contributed by atoms with Crippen molar-refractivity contribution < 1.29 is 9.53 Å². The highest BCUT2D eigenvalue weighted by molar-refractivity contribution is 5.76. The maximum Gasteiger partial charge on any atom is 0.220 e. The van der Waals surface area contributed by atoms with Crippen LogP contribution in [0.5, 0.6) is 0 Å². The average molecular weight is 262 g/mol. The predicted octanol–water partition coefficient (Wildman–Crippen LogP) is 2.29. The van der Waals surface area contributed by atoms with Gasteiger partial charge in [-0.25, -0.2) is 0 Å². The first-order valence-electron chi connectivity index (χ1n) is 6.94. The third kappa shape index (κ3) is 4.63. The van der Waals surface area contributed by atoms with Crippen molar-refractivity contribution in [3.8, 4) is 0 Å². The zero-order valence-electron chi connectivity index (χ0n) is 11.6. The third-order valence-corrected chi connectivity index (χ3v) is 3.25. The van der Waals surface area contributed by atoms with E-state index in [-0.39, 0.29) is 12.0 Å². The average Bonchev–Trinajstić information content (AvgIpc) is 2.32. The maximum atomic E-state index is 11.6. The molecule has 0 aliphatic heterocycles. The number of carbonyl (C=O) groups is 1. The van der Waals surface area contributed by atoms with Crippen LogP contribution in [0.4, 0.5) is 0 Å². The summed E-state index contributed by atoms with van der Waals surface area (Å²) in [6, 6.07) is 6.11. The molecule has 0 radical (unpaired) electrons. The van der Waals surface area contributed by atoms with Crippen LogP contribution in [0.2, 0.25) is 0 Å². The van der Waals surface area contributed by atoms with Crippen molar-refractivity contribution in [2.75, 3.05) is 0 Å². The molecule has 0 atom stereocenters. The highest BCUT2D eigenvalue weighted by atomic mass is 16.5. The fraction of sp³-hybridized carbons (Fsp3) is 0.600. The Morgan fingerprint density at radius 1 is 1.47 bits per heavy atom. The van der Waals surface area contributed by atoms with E-state index >= 15 is 0 Å². The molecule has 4 nitrogen and oxygen atoms in total. The number of hydrogen-bond acceptors (Lipinski definition) is 3. The number of amides is 1. The summed E-state index contributed by atoms with van der Waals surface area (Å²) in [6.07, 6.45) is 4.46. The summed E-state index contributed by atoms with van der Waals surface area (Å²) >= 11 is 0. The van der Waals surface area contributed by atoms with Gasteiger partial charge in [0.25, 0.3) is 0 Å². The van der Waals surface area contributed by atoms with E-state index in [0.29, 0.717) is 25.0 Å². The number of nitrogens with one attached hydrogen (secondary N) is 1. The molecule has 0 saturated heterocycles. The van der Waals surface area contributed by atoms with Gasteiger partial charge in [-0.15, -0.1) is 0 Å². The molecule has 0 spiro atoms.